The molecular formula is C12H17N2O6PS. The van der Waals surface area contributed by atoms with Crippen molar-refractivity contribution in [3.05, 3.63) is 45.3 Å². The summed E-state index contributed by atoms with van der Waals surface area (Å²) in [5.41, 5.74) is -0.626. The third-order valence-corrected chi connectivity index (χ3v) is 4.25. The van der Waals surface area contributed by atoms with Gasteiger partial charge in [-0.15, -0.1) is 6.58 Å². The highest BCUT2D eigenvalue weighted by atomic mass is 32.5. The van der Waals surface area contributed by atoms with Gasteiger partial charge in [0.15, 0.2) is 0 Å². The van der Waals surface area contributed by atoms with Crippen molar-refractivity contribution < 1.29 is 19.0 Å². The van der Waals surface area contributed by atoms with Gasteiger partial charge in [0.05, 0.1) is 12.7 Å². The summed E-state index contributed by atoms with van der Waals surface area (Å²) in [5.74, 6) is -0.148. The molecule has 3 atom stereocenters. The van der Waals surface area contributed by atoms with Crippen LogP contribution in [0, 0.1) is 12.8 Å². The number of nitrogens with zero attached hydrogens (tertiary/aromatic N) is 1. The van der Waals surface area contributed by atoms with E-state index in [1.807, 2.05) is 0 Å². The van der Waals surface area contributed by atoms with E-state index in [1.165, 1.54) is 10.8 Å². The maximum Gasteiger partial charge on any atom is 0.330 e. The Morgan fingerprint density at radius 2 is 2.32 bits per heavy atom. The van der Waals surface area contributed by atoms with Crippen molar-refractivity contribution in [2.45, 2.75) is 25.7 Å². The molecule has 0 saturated carbocycles. The highest BCUT2D eigenvalue weighted by molar-refractivity contribution is 8.06. The van der Waals surface area contributed by atoms with Crippen LogP contribution in [0.4, 0.5) is 0 Å². The topological polar surface area (TPSA) is 114 Å². The lowest BCUT2D eigenvalue weighted by Gasteiger charge is -2.18. The van der Waals surface area contributed by atoms with E-state index in [1.54, 1.807) is 13.0 Å². The van der Waals surface area contributed by atoms with Crippen molar-refractivity contribution in [3.63, 3.8) is 0 Å². The molecule has 2 rings (SSSR count). The number of ether oxygens (including phenoxy) is 1. The van der Waals surface area contributed by atoms with Gasteiger partial charge in [-0.25, -0.2) is 4.79 Å². The summed E-state index contributed by atoms with van der Waals surface area (Å²) in [6, 6.07) is 0. The summed E-state index contributed by atoms with van der Waals surface area (Å²) >= 11 is 4.39. The van der Waals surface area contributed by atoms with Crippen LogP contribution in [0.5, 0.6) is 0 Å². The van der Waals surface area contributed by atoms with Gasteiger partial charge in [-0.05, 0) is 18.7 Å². The molecule has 2 heterocycles. The first-order valence-electron chi connectivity index (χ1n) is 6.51. The summed E-state index contributed by atoms with van der Waals surface area (Å²) in [7, 11) is 0. The molecule has 3 N–H and O–H groups in total. The summed E-state index contributed by atoms with van der Waals surface area (Å²) in [6.07, 6.45) is 2.41. The van der Waals surface area contributed by atoms with Gasteiger partial charge in [-0.3, -0.25) is 14.3 Å². The van der Waals surface area contributed by atoms with Crippen LogP contribution in [0.1, 0.15) is 18.2 Å². The molecule has 1 fully saturated rings. The Morgan fingerprint density at radius 3 is 2.91 bits per heavy atom. The van der Waals surface area contributed by atoms with Crippen LogP contribution in [0.25, 0.3) is 0 Å². The van der Waals surface area contributed by atoms with Crippen molar-refractivity contribution in [2.24, 2.45) is 5.92 Å². The molecule has 1 aromatic rings. The second kappa shape index (κ2) is 6.57. The standard InChI is InChI=1S/C12H17N2O6PS/c1-3-8-4-10(20-9(8)6-19-21(17,18)22)14-5-7(2)11(15)13-12(14)16/h3,5,8-10H,1,4,6H2,2H3,(H,13,15,16)(H2,17,18,22)/t8-,9+,10+/m0/s1. The monoisotopic (exact) mass is 348 g/mol. The molecule has 0 aliphatic carbocycles. The largest absolute Gasteiger partial charge is 0.352 e. The van der Waals surface area contributed by atoms with E-state index >= 15 is 0 Å². The first kappa shape index (κ1) is 17.3. The van der Waals surface area contributed by atoms with Gasteiger partial charge in [0.2, 0.25) is 0 Å². The Bertz CT molecular complexity index is 723. The summed E-state index contributed by atoms with van der Waals surface area (Å²) in [6.45, 7) is 1.40. The zero-order valence-electron chi connectivity index (χ0n) is 11.8. The molecule has 1 aliphatic rings. The molecule has 0 amide bonds. The predicted octanol–water partition coefficient (Wildman–Crippen LogP) is 0.160. The Balaban J connectivity index is 2.20. The Labute approximate surface area is 131 Å². The van der Waals surface area contributed by atoms with Crippen molar-refractivity contribution in [2.75, 3.05) is 6.61 Å². The number of aryl methyl sites for hydroxylation is 1. The lowest BCUT2D eigenvalue weighted by Crippen LogP contribution is -2.33. The summed E-state index contributed by atoms with van der Waals surface area (Å²) in [5, 5.41) is 0. The van der Waals surface area contributed by atoms with Crippen molar-refractivity contribution in [1.29, 1.82) is 0 Å². The van der Waals surface area contributed by atoms with E-state index < -0.39 is 30.3 Å². The van der Waals surface area contributed by atoms with Crippen LogP contribution in [-0.4, -0.2) is 32.0 Å². The molecule has 1 aromatic heterocycles. The van der Waals surface area contributed by atoms with E-state index in [0.717, 1.165) is 0 Å². The molecule has 1 aliphatic heterocycles. The lowest BCUT2D eigenvalue weighted by molar-refractivity contribution is -0.0266. The van der Waals surface area contributed by atoms with Crippen molar-refractivity contribution in [1.82, 2.24) is 9.55 Å². The Hall–Kier alpha value is -1.09. The van der Waals surface area contributed by atoms with Crippen LogP contribution in [0.3, 0.4) is 0 Å². The first-order chi connectivity index (χ1) is 10.2. The minimum absolute atomic E-state index is 0.117. The van der Waals surface area contributed by atoms with Gasteiger partial charge in [-0.2, -0.15) is 0 Å². The number of hydrogen-bond acceptors (Lipinski definition) is 5. The molecule has 8 nitrogen and oxygen atoms in total. The third kappa shape index (κ3) is 4.01. The zero-order valence-corrected chi connectivity index (χ0v) is 13.5. The molecule has 0 aromatic carbocycles. The average Bonchev–Trinajstić information content (AvgIpc) is 2.83. The highest BCUT2D eigenvalue weighted by Crippen LogP contribution is 2.40. The smallest absolute Gasteiger partial charge is 0.330 e. The van der Waals surface area contributed by atoms with Gasteiger partial charge < -0.3 is 19.0 Å². The highest BCUT2D eigenvalue weighted by Gasteiger charge is 2.36. The van der Waals surface area contributed by atoms with E-state index in [0.29, 0.717) is 12.0 Å². The molecule has 1 saturated heterocycles. The van der Waals surface area contributed by atoms with E-state index in [4.69, 9.17) is 19.0 Å². The van der Waals surface area contributed by atoms with Crippen molar-refractivity contribution in [3.8, 4) is 0 Å². The molecular weight excluding hydrogens is 331 g/mol. The molecule has 0 unspecified atom stereocenters. The van der Waals surface area contributed by atoms with Crippen LogP contribution < -0.4 is 11.2 Å². The fourth-order valence-electron chi connectivity index (χ4n) is 2.30. The summed E-state index contributed by atoms with van der Waals surface area (Å²) in [4.78, 5) is 43.7. The predicted molar refractivity (Wildman–Crippen MR) is 82.9 cm³/mol. The molecule has 0 spiro atoms. The normalized spacial score (nSPS) is 25.3. The summed E-state index contributed by atoms with van der Waals surface area (Å²) < 4.78 is 11.8. The van der Waals surface area contributed by atoms with Crippen LogP contribution >= 0.6 is 6.72 Å². The maximum absolute atomic E-state index is 11.9. The van der Waals surface area contributed by atoms with Crippen LogP contribution in [-0.2, 0) is 21.1 Å². The fourth-order valence-corrected chi connectivity index (χ4v) is 2.83. The number of nitrogens with one attached hydrogen (secondary N) is 1. The lowest BCUT2D eigenvalue weighted by atomic mass is 10.0. The van der Waals surface area contributed by atoms with Crippen LogP contribution in [0.2, 0.25) is 0 Å². The van der Waals surface area contributed by atoms with E-state index in [2.05, 4.69) is 23.4 Å². The molecule has 0 bridgehead atoms. The quantitative estimate of drug-likeness (QED) is 0.513. The average molecular weight is 348 g/mol. The first-order valence-corrected chi connectivity index (χ1v) is 9.14. The number of H-pyrrole nitrogens is 1. The second-order valence-electron chi connectivity index (χ2n) is 5.03. The van der Waals surface area contributed by atoms with Gasteiger partial charge in [0.25, 0.3) is 5.56 Å². The van der Waals surface area contributed by atoms with E-state index in [9.17, 15) is 9.59 Å². The minimum atomic E-state index is -3.77. The van der Waals surface area contributed by atoms with E-state index in [-0.39, 0.29) is 12.5 Å². The number of aromatic amines is 1. The van der Waals surface area contributed by atoms with Gasteiger partial charge >= 0.3 is 12.4 Å². The molecule has 122 valence electrons. The Morgan fingerprint density at radius 1 is 1.64 bits per heavy atom. The number of hydrogen-bond donors (Lipinski definition) is 3. The van der Waals surface area contributed by atoms with Gasteiger partial charge in [-0.1, -0.05) is 6.08 Å². The van der Waals surface area contributed by atoms with Crippen molar-refractivity contribution >= 4 is 18.5 Å². The van der Waals surface area contributed by atoms with Gasteiger partial charge in [0.1, 0.15) is 6.23 Å². The molecule has 0 radical (unpaired) electrons. The third-order valence-electron chi connectivity index (χ3n) is 3.45. The molecule has 22 heavy (non-hydrogen) atoms. The van der Waals surface area contributed by atoms with Gasteiger partial charge in [0, 0.05) is 24.1 Å². The Kier molecular flexibility index (Phi) is 5.16. The maximum atomic E-state index is 11.9. The SMILES string of the molecule is C=C[C@H]1C[C@H](n2cc(C)c(=O)[nH]c2=O)O[C@@H]1COP(O)(O)=S. The fraction of sp³-hybridized carbons (Fsp3) is 0.500. The van der Waals surface area contributed by atoms with Crippen LogP contribution in [0.15, 0.2) is 28.4 Å². The number of aromatic nitrogens is 2. The minimum Gasteiger partial charge on any atom is -0.352 e. The number of rotatable bonds is 5. The molecule has 10 heteroatoms. The second-order valence-corrected chi connectivity index (χ2v) is 7.70. The zero-order chi connectivity index (χ0) is 16.5.